The van der Waals surface area contributed by atoms with Crippen LogP contribution >= 0.6 is 11.6 Å². The van der Waals surface area contributed by atoms with Crippen molar-refractivity contribution in [3.05, 3.63) is 39.6 Å². The maximum Gasteiger partial charge on any atom is 0.271 e. The molecule has 2 aromatic heterocycles. The number of hydrogen-bond donors (Lipinski definition) is 2. The number of hydrogen-bond acceptors (Lipinski definition) is 5. The standard InChI is InChI=1S/C10H11ClN4O2/c1-2-6-3-12-7(17-6)4-13-9-8(11)10(16)15-5-14-9/h3,5H,2,4H2,1H3,(H2,13,14,15,16). The minimum atomic E-state index is -0.384. The van der Waals surface area contributed by atoms with E-state index in [2.05, 4.69) is 20.3 Å². The minimum absolute atomic E-state index is 0.0229. The summed E-state index contributed by atoms with van der Waals surface area (Å²) >= 11 is 5.77. The summed E-state index contributed by atoms with van der Waals surface area (Å²) in [7, 11) is 0. The maximum atomic E-state index is 11.2. The molecule has 0 amide bonds. The van der Waals surface area contributed by atoms with E-state index in [1.54, 1.807) is 6.20 Å². The van der Waals surface area contributed by atoms with Crippen LogP contribution in [-0.2, 0) is 13.0 Å². The predicted molar refractivity (Wildman–Crippen MR) is 63.1 cm³/mol. The molecule has 7 heteroatoms. The van der Waals surface area contributed by atoms with Gasteiger partial charge in [-0.3, -0.25) is 4.79 Å². The summed E-state index contributed by atoms with van der Waals surface area (Å²) in [4.78, 5) is 21.6. The van der Waals surface area contributed by atoms with Crippen molar-refractivity contribution < 1.29 is 4.42 Å². The lowest BCUT2D eigenvalue weighted by atomic mass is 10.4. The Labute approximate surface area is 102 Å². The number of halogens is 1. The first-order valence-corrected chi connectivity index (χ1v) is 5.49. The van der Waals surface area contributed by atoms with Gasteiger partial charge in [0.05, 0.1) is 19.1 Å². The second-order valence-corrected chi connectivity index (χ2v) is 3.70. The third-order valence-electron chi connectivity index (χ3n) is 2.15. The van der Waals surface area contributed by atoms with Crippen LogP contribution in [0.1, 0.15) is 18.6 Å². The molecule has 0 saturated carbocycles. The fourth-order valence-electron chi connectivity index (χ4n) is 1.26. The van der Waals surface area contributed by atoms with E-state index < -0.39 is 0 Å². The van der Waals surface area contributed by atoms with Crippen LogP contribution in [0, 0.1) is 0 Å². The molecule has 2 N–H and O–H groups in total. The van der Waals surface area contributed by atoms with E-state index >= 15 is 0 Å². The van der Waals surface area contributed by atoms with E-state index in [1.165, 1.54) is 6.33 Å². The molecule has 0 aliphatic carbocycles. The largest absolute Gasteiger partial charge is 0.444 e. The fourth-order valence-corrected chi connectivity index (χ4v) is 1.43. The summed E-state index contributed by atoms with van der Waals surface area (Å²) in [5, 5.41) is 2.91. The van der Waals surface area contributed by atoms with Crippen molar-refractivity contribution >= 4 is 17.4 Å². The van der Waals surface area contributed by atoms with Crippen molar-refractivity contribution in [2.75, 3.05) is 5.32 Å². The number of aryl methyl sites for hydroxylation is 1. The summed E-state index contributed by atoms with van der Waals surface area (Å²) in [6, 6.07) is 0. The highest BCUT2D eigenvalue weighted by atomic mass is 35.5. The van der Waals surface area contributed by atoms with Crippen LogP contribution in [0.5, 0.6) is 0 Å². The number of anilines is 1. The molecule has 0 bridgehead atoms. The molecule has 90 valence electrons. The molecule has 17 heavy (non-hydrogen) atoms. The highest BCUT2D eigenvalue weighted by molar-refractivity contribution is 6.32. The molecule has 0 aromatic carbocycles. The smallest absolute Gasteiger partial charge is 0.271 e. The molecule has 0 radical (unpaired) electrons. The van der Waals surface area contributed by atoms with Gasteiger partial charge in [-0.2, -0.15) is 0 Å². The first-order valence-electron chi connectivity index (χ1n) is 5.11. The lowest BCUT2D eigenvalue weighted by molar-refractivity contribution is 0.465. The molecule has 0 aliphatic heterocycles. The van der Waals surface area contributed by atoms with Crippen LogP contribution in [0.3, 0.4) is 0 Å². The maximum absolute atomic E-state index is 11.2. The monoisotopic (exact) mass is 254 g/mol. The average molecular weight is 255 g/mol. The van der Waals surface area contributed by atoms with Gasteiger partial charge in [-0.25, -0.2) is 9.97 Å². The Hall–Kier alpha value is -1.82. The van der Waals surface area contributed by atoms with E-state index in [4.69, 9.17) is 16.0 Å². The molecule has 2 rings (SSSR count). The summed E-state index contributed by atoms with van der Waals surface area (Å²) in [6.07, 6.45) is 3.74. The highest BCUT2D eigenvalue weighted by Crippen LogP contribution is 2.13. The molecule has 6 nitrogen and oxygen atoms in total. The van der Waals surface area contributed by atoms with Gasteiger partial charge in [-0.15, -0.1) is 0 Å². The van der Waals surface area contributed by atoms with Crippen molar-refractivity contribution in [1.29, 1.82) is 0 Å². The van der Waals surface area contributed by atoms with Gasteiger partial charge in [-0.1, -0.05) is 18.5 Å². The van der Waals surface area contributed by atoms with Gasteiger partial charge < -0.3 is 14.7 Å². The van der Waals surface area contributed by atoms with E-state index in [1.807, 2.05) is 6.92 Å². The Morgan fingerprint density at radius 3 is 3.06 bits per heavy atom. The number of nitrogens with zero attached hydrogens (tertiary/aromatic N) is 2. The number of H-pyrrole nitrogens is 1. The number of oxazole rings is 1. The second-order valence-electron chi connectivity index (χ2n) is 3.32. The minimum Gasteiger partial charge on any atom is -0.444 e. The van der Waals surface area contributed by atoms with E-state index in [9.17, 15) is 4.79 Å². The van der Waals surface area contributed by atoms with Gasteiger partial charge in [-0.05, 0) is 0 Å². The predicted octanol–water partition coefficient (Wildman–Crippen LogP) is 1.59. The van der Waals surface area contributed by atoms with Crippen molar-refractivity contribution in [3.63, 3.8) is 0 Å². The van der Waals surface area contributed by atoms with Gasteiger partial charge in [0.1, 0.15) is 10.8 Å². The number of aromatic nitrogens is 3. The third kappa shape index (κ3) is 2.65. The molecule has 0 fully saturated rings. The number of nitrogens with one attached hydrogen (secondary N) is 2. The molecular formula is C10H11ClN4O2. The van der Waals surface area contributed by atoms with Crippen LogP contribution in [0.15, 0.2) is 21.7 Å². The Bertz CT molecular complexity index is 563. The van der Waals surface area contributed by atoms with Crippen LogP contribution in [0.25, 0.3) is 0 Å². The third-order valence-corrected chi connectivity index (χ3v) is 2.50. The second kappa shape index (κ2) is 5.01. The van der Waals surface area contributed by atoms with E-state index in [0.717, 1.165) is 12.2 Å². The van der Waals surface area contributed by atoms with Gasteiger partial charge in [0.2, 0.25) is 5.89 Å². The molecule has 2 heterocycles. The van der Waals surface area contributed by atoms with Crippen molar-refractivity contribution in [2.45, 2.75) is 19.9 Å². The molecule has 2 aromatic rings. The zero-order valence-electron chi connectivity index (χ0n) is 9.16. The Morgan fingerprint density at radius 2 is 2.35 bits per heavy atom. The van der Waals surface area contributed by atoms with Crippen LogP contribution < -0.4 is 10.9 Å². The quantitative estimate of drug-likeness (QED) is 0.866. The summed E-state index contributed by atoms with van der Waals surface area (Å²) in [5.41, 5.74) is -0.384. The lowest BCUT2D eigenvalue weighted by Gasteiger charge is -2.03. The molecular weight excluding hydrogens is 244 g/mol. The summed E-state index contributed by atoms with van der Waals surface area (Å²) < 4.78 is 5.39. The molecule has 0 unspecified atom stereocenters. The number of aromatic amines is 1. The zero-order chi connectivity index (χ0) is 12.3. The summed E-state index contributed by atoms with van der Waals surface area (Å²) in [5.74, 6) is 1.65. The first kappa shape index (κ1) is 11.7. The topological polar surface area (TPSA) is 83.8 Å². The van der Waals surface area contributed by atoms with Crippen LogP contribution in [0.2, 0.25) is 5.02 Å². The van der Waals surface area contributed by atoms with Crippen LogP contribution in [0.4, 0.5) is 5.82 Å². The molecule has 0 aliphatic rings. The van der Waals surface area contributed by atoms with Gasteiger partial charge >= 0.3 is 0 Å². The van der Waals surface area contributed by atoms with Gasteiger partial charge in [0.25, 0.3) is 5.56 Å². The SMILES string of the molecule is CCc1cnc(CNc2nc[nH]c(=O)c2Cl)o1. The Balaban J connectivity index is 2.07. The molecule has 0 atom stereocenters. The molecule has 0 spiro atoms. The zero-order valence-corrected chi connectivity index (χ0v) is 9.91. The Kier molecular flexibility index (Phi) is 3.43. The molecule has 0 saturated heterocycles. The Morgan fingerprint density at radius 1 is 1.53 bits per heavy atom. The fraction of sp³-hybridized carbons (Fsp3) is 0.300. The van der Waals surface area contributed by atoms with Gasteiger partial charge in [0.15, 0.2) is 5.82 Å². The first-order chi connectivity index (χ1) is 8.20. The van der Waals surface area contributed by atoms with E-state index in [0.29, 0.717) is 18.3 Å². The van der Waals surface area contributed by atoms with Crippen molar-refractivity contribution in [3.8, 4) is 0 Å². The van der Waals surface area contributed by atoms with Gasteiger partial charge in [0, 0.05) is 6.42 Å². The lowest BCUT2D eigenvalue weighted by Crippen LogP contribution is -2.11. The van der Waals surface area contributed by atoms with Crippen molar-refractivity contribution in [1.82, 2.24) is 15.0 Å². The van der Waals surface area contributed by atoms with Crippen molar-refractivity contribution in [2.24, 2.45) is 0 Å². The average Bonchev–Trinajstić information content (AvgIpc) is 2.79. The van der Waals surface area contributed by atoms with Crippen LogP contribution in [-0.4, -0.2) is 15.0 Å². The highest BCUT2D eigenvalue weighted by Gasteiger charge is 2.07. The normalized spacial score (nSPS) is 10.5. The number of rotatable bonds is 4. The summed E-state index contributed by atoms with van der Waals surface area (Å²) in [6.45, 7) is 2.31. The van der Waals surface area contributed by atoms with E-state index in [-0.39, 0.29) is 10.6 Å².